The lowest BCUT2D eigenvalue weighted by Crippen LogP contribution is -1.68. The lowest BCUT2D eigenvalue weighted by atomic mass is 10.2. The fraction of sp³-hybridized carbons (Fsp3) is 0.333. The molecule has 0 unspecified atom stereocenters. The molecule has 0 saturated heterocycles. The summed E-state index contributed by atoms with van der Waals surface area (Å²) in [6.45, 7) is 7.01. The molecule has 0 N–H and O–H groups in total. The van der Waals surface area contributed by atoms with Gasteiger partial charge in [-0.2, -0.15) is 0 Å². The monoisotopic (exact) mass is 140 g/mol. The summed E-state index contributed by atoms with van der Waals surface area (Å²) in [7, 11) is 0. The molecule has 0 aromatic heterocycles. The second-order valence-corrected chi connectivity index (χ2v) is 2.15. The lowest BCUT2D eigenvalue weighted by Gasteiger charge is -1.87. The summed E-state index contributed by atoms with van der Waals surface area (Å²) < 4.78 is 12.1. The summed E-state index contributed by atoms with van der Waals surface area (Å²) in [6, 6.07) is 0. The van der Waals surface area contributed by atoms with Crippen molar-refractivity contribution in [3.8, 4) is 0 Å². The van der Waals surface area contributed by atoms with E-state index in [-0.39, 0.29) is 0 Å². The smallest absolute Gasteiger partial charge is 0.116 e. The van der Waals surface area contributed by atoms with E-state index in [1.54, 1.807) is 0 Å². The first-order valence-electron chi connectivity index (χ1n) is 3.36. The molecule has 56 valence electrons. The molecule has 0 bridgehead atoms. The highest BCUT2D eigenvalue weighted by atomic mass is 19.1. The van der Waals surface area contributed by atoms with E-state index in [1.807, 2.05) is 26.0 Å². The van der Waals surface area contributed by atoms with E-state index in [1.165, 1.54) is 6.08 Å². The zero-order valence-corrected chi connectivity index (χ0v) is 6.52. The molecule has 0 amide bonds. The van der Waals surface area contributed by atoms with E-state index < -0.39 is 5.83 Å². The van der Waals surface area contributed by atoms with Crippen LogP contribution >= 0.6 is 0 Å². The van der Waals surface area contributed by atoms with Gasteiger partial charge < -0.3 is 0 Å². The predicted octanol–water partition coefficient (Wildman–Crippen LogP) is 3.38. The largest absolute Gasteiger partial charge is 0.208 e. The van der Waals surface area contributed by atoms with Gasteiger partial charge in [-0.3, -0.25) is 0 Å². The van der Waals surface area contributed by atoms with Crippen LogP contribution in [0.25, 0.3) is 0 Å². The van der Waals surface area contributed by atoms with Crippen molar-refractivity contribution in [1.29, 1.82) is 0 Å². The van der Waals surface area contributed by atoms with Crippen molar-refractivity contribution in [2.45, 2.75) is 20.3 Å². The number of allylic oxidation sites excluding steroid dienone is 5. The van der Waals surface area contributed by atoms with Crippen molar-refractivity contribution in [1.82, 2.24) is 0 Å². The summed E-state index contributed by atoms with van der Waals surface area (Å²) in [4.78, 5) is 0. The molecule has 0 aliphatic rings. The summed E-state index contributed by atoms with van der Waals surface area (Å²) in [5, 5.41) is 0. The SMILES string of the molecule is C=C(F)/C=C(C)\C=C/CC. The first-order valence-corrected chi connectivity index (χ1v) is 3.36. The van der Waals surface area contributed by atoms with Crippen LogP contribution in [0.2, 0.25) is 0 Å². The van der Waals surface area contributed by atoms with Crippen molar-refractivity contribution < 1.29 is 4.39 Å². The normalized spacial score (nSPS) is 12.5. The third kappa shape index (κ3) is 5.29. The maximum atomic E-state index is 12.1. The number of halogens is 1. The second kappa shape index (κ2) is 4.98. The van der Waals surface area contributed by atoms with Gasteiger partial charge in [-0.1, -0.05) is 25.7 Å². The Bertz CT molecular complexity index is 164. The molecule has 0 aliphatic heterocycles. The Morgan fingerprint density at radius 2 is 2.20 bits per heavy atom. The number of rotatable bonds is 3. The fourth-order valence-corrected chi connectivity index (χ4v) is 0.599. The molecule has 10 heavy (non-hydrogen) atoms. The molecule has 1 heteroatoms. The second-order valence-electron chi connectivity index (χ2n) is 2.15. The van der Waals surface area contributed by atoms with Crippen molar-refractivity contribution in [2.24, 2.45) is 0 Å². The van der Waals surface area contributed by atoms with Crippen LogP contribution in [-0.4, -0.2) is 0 Å². The van der Waals surface area contributed by atoms with Gasteiger partial charge in [0.25, 0.3) is 0 Å². The minimum atomic E-state index is -0.391. The van der Waals surface area contributed by atoms with Gasteiger partial charge in [-0.05, 0) is 25.0 Å². The predicted molar refractivity (Wildman–Crippen MR) is 43.4 cm³/mol. The van der Waals surface area contributed by atoms with Gasteiger partial charge in [0.1, 0.15) is 5.83 Å². The van der Waals surface area contributed by atoms with Crippen molar-refractivity contribution in [3.05, 3.63) is 36.2 Å². The molecule has 0 atom stereocenters. The molecule has 0 aliphatic carbocycles. The van der Waals surface area contributed by atoms with Crippen molar-refractivity contribution >= 4 is 0 Å². The van der Waals surface area contributed by atoms with E-state index in [2.05, 4.69) is 6.58 Å². The average Bonchev–Trinajstić information content (AvgIpc) is 1.82. The molecule has 0 spiro atoms. The molecule has 0 radical (unpaired) electrons. The first kappa shape index (κ1) is 9.15. The standard InChI is InChI=1S/C9H13F/c1-4-5-6-8(2)7-9(3)10/h5-7H,3-4H2,1-2H3/b6-5-,8-7-. The minimum Gasteiger partial charge on any atom is -0.208 e. The van der Waals surface area contributed by atoms with Gasteiger partial charge in [0.05, 0.1) is 0 Å². The summed E-state index contributed by atoms with van der Waals surface area (Å²) in [5.74, 6) is -0.391. The Morgan fingerprint density at radius 3 is 2.60 bits per heavy atom. The first-order chi connectivity index (χ1) is 4.66. The summed E-state index contributed by atoms with van der Waals surface area (Å²) in [5.41, 5.74) is 0.898. The van der Waals surface area contributed by atoms with Crippen molar-refractivity contribution in [2.75, 3.05) is 0 Å². The molecular formula is C9H13F. The van der Waals surface area contributed by atoms with Crippen molar-refractivity contribution in [3.63, 3.8) is 0 Å². The van der Waals surface area contributed by atoms with E-state index in [4.69, 9.17) is 0 Å². The van der Waals surface area contributed by atoms with Gasteiger partial charge in [0.2, 0.25) is 0 Å². The minimum absolute atomic E-state index is 0.391. The highest BCUT2D eigenvalue weighted by Gasteiger charge is 1.82. The third-order valence-electron chi connectivity index (χ3n) is 1.00. The van der Waals surface area contributed by atoms with E-state index >= 15 is 0 Å². The van der Waals surface area contributed by atoms with Crippen LogP contribution in [0.15, 0.2) is 36.2 Å². The van der Waals surface area contributed by atoms with Crippen LogP contribution in [0.5, 0.6) is 0 Å². The molecule has 0 heterocycles. The zero-order valence-electron chi connectivity index (χ0n) is 6.52. The Hall–Kier alpha value is -0.850. The van der Waals surface area contributed by atoms with Gasteiger partial charge in [-0.15, -0.1) is 0 Å². The van der Waals surface area contributed by atoms with Crippen LogP contribution < -0.4 is 0 Å². The average molecular weight is 140 g/mol. The molecular weight excluding hydrogens is 127 g/mol. The molecule has 0 aromatic carbocycles. The van der Waals surface area contributed by atoms with Crippen LogP contribution in [0.1, 0.15) is 20.3 Å². The lowest BCUT2D eigenvalue weighted by molar-refractivity contribution is 0.670. The number of hydrogen-bond donors (Lipinski definition) is 0. The highest BCUT2D eigenvalue weighted by molar-refractivity contribution is 5.23. The zero-order chi connectivity index (χ0) is 7.98. The molecule has 0 rings (SSSR count). The quantitative estimate of drug-likeness (QED) is 0.527. The summed E-state index contributed by atoms with van der Waals surface area (Å²) in [6.07, 6.45) is 6.25. The fourth-order valence-electron chi connectivity index (χ4n) is 0.599. The summed E-state index contributed by atoms with van der Waals surface area (Å²) >= 11 is 0. The topological polar surface area (TPSA) is 0 Å². The highest BCUT2D eigenvalue weighted by Crippen LogP contribution is 2.02. The van der Waals surface area contributed by atoms with Gasteiger partial charge >= 0.3 is 0 Å². The molecule has 0 fully saturated rings. The van der Waals surface area contributed by atoms with E-state index in [0.717, 1.165) is 12.0 Å². The van der Waals surface area contributed by atoms with Crippen LogP contribution in [0.4, 0.5) is 4.39 Å². The Balaban J connectivity index is 3.94. The molecule has 0 saturated carbocycles. The van der Waals surface area contributed by atoms with Gasteiger partial charge in [0.15, 0.2) is 0 Å². The van der Waals surface area contributed by atoms with Gasteiger partial charge in [-0.25, -0.2) is 4.39 Å². The number of hydrogen-bond acceptors (Lipinski definition) is 0. The van der Waals surface area contributed by atoms with Crippen LogP contribution in [-0.2, 0) is 0 Å². The molecule has 0 aromatic rings. The Morgan fingerprint density at radius 1 is 1.60 bits per heavy atom. The maximum Gasteiger partial charge on any atom is 0.116 e. The Kier molecular flexibility index (Phi) is 4.55. The van der Waals surface area contributed by atoms with Crippen LogP contribution in [0.3, 0.4) is 0 Å². The van der Waals surface area contributed by atoms with E-state index in [0.29, 0.717) is 0 Å². The molecule has 0 nitrogen and oxygen atoms in total. The third-order valence-corrected chi connectivity index (χ3v) is 1.00. The van der Waals surface area contributed by atoms with E-state index in [9.17, 15) is 4.39 Å². The van der Waals surface area contributed by atoms with Crippen LogP contribution in [0, 0.1) is 0 Å². The van der Waals surface area contributed by atoms with Gasteiger partial charge in [0, 0.05) is 0 Å². The maximum absolute atomic E-state index is 12.1. The Labute approximate surface area is 61.8 Å².